The molecule has 1 N–H and O–H groups in total. The molecule has 104 valence electrons. The third kappa shape index (κ3) is 2.56. The number of aromatic carboxylic acids is 1. The Kier molecular flexibility index (Phi) is 3.28. The molecule has 0 spiro atoms. The second-order valence-corrected chi connectivity index (χ2v) is 4.87. The molecule has 1 heterocycles. The zero-order valence-electron chi connectivity index (χ0n) is 11.5. The number of carboxylic acid groups (broad SMARTS) is 1. The van der Waals surface area contributed by atoms with Crippen LogP contribution < -0.4 is 0 Å². The molecule has 1 aromatic heterocycles. The fourth-order valence-corrected chi connectivity index (χ4v) is 2.28. The molecule has 4 nitrogen and oxygen atoms in total. The lowest BCUT2D eigenvalue weighted by Crippen LogP contribution is -2.05. The summed E-state index contributed by atoms with van der Waals surface area (Å²) in [5.74, 6) is -0.960. The Labute approximate surface area is 122 Å². The van der Waals surface area contributed by atoms with Crippen LogP contribution in [0.15, 0.2) is 60.9 Å². The molecule has 0 fully saturated rings. The van der Waals surface area contributed by atoms with Crippen LogP contribution in [0.4, 0.5) is 0 Å². The van der Waals surface area contributed by atoms with Gasteiger partial charge in [0.2, 0.25) is 0 Å². The number of benzene rings is 2. The minimum atomic E-state index is -0.960. The summed E-state index contributed by atoms with van der Waals surface area (Å²) in [7, 11) is 0. The highest BCUT2D eigenvalue weighted by molar-refractivity contribution is 5.91. The van der Waals surface area contributed by atoms with Gasteiger partial charge in [0.1, 0.15) is 0 Å². The van der Waals surface area contributed by atoms with Crippen LogP contribution in [0.3, 0.4) is 0 Å². The second-order valence-electron chi connectivity index (χ2n) is 4.87. The SMILES string of the molecule is Cc1cccc(-c2cnn(-c3ccccc3C(=O)O)c2)c1. The molecule has 21 heavy (non-hydrogen) atoms. The van der Waals surface area contributed by atoms with E-state index in [1.807, 2.05) is 31.3 Å². The first-order valence-corrected chi connectivity index (χ1v) is 6.59. The van der Waals surface area contributed by atoms with E-state index in [0.29, 0.717) is 5.69 Å². The molecular weight excluding hydrogens is 264 g/mol. The standard InChI is InChI=1S/C17H14N2O2/c1-12-5-4-6-13(9-12)14-10-18-19(11-14)16-8-3-2-7-15(16)17(20)21/h2-11H,1H3,(H,20,21). The van der Waals surface area contributed by atoms with Crippen molar-refractivity contribution in [3.8, 4) is 16.8 Å². The van der Waals surface area contributed by atoms with Crippen molar-refractivity contribution in [2.24, 2.45) is 0 Å². The summed E-state index contributed by atoms with van der Waals surface area (Å²) in [5.41, 5.74) is 3.99. The van der Waals surface area contributed by atoms with Crippen molar-refractivity contribution in [2.75, 3.05) is 0 Å². The van der Waals surface area contributed by atoms with Gasteiger partial charge in [-0.2, -0.15) is 5.10 Å². The monoisotopic (exact) mass is 278 g/mol. The van der Waals surface area contributed by atoms with E-state index in [1.54, 1.807) is 35.1 Å². The molecule has 0 saturated carbocycles. The molecule has 0 atom stereocenters. The Morgan fingerprint density at radius 3 is 2.67 bits per heavy atom. The van der Waals surface area contributed by atoms with Crippen LogP contribution in [-0.4, -0.2) is 20.9 Å². The van der Waals surface area contributed by atoms with Crippen LogP contribution in [0.1, 0.15) is 15.9 Å². The quantitative estimate of drug-likeness (QED) is 0.797. The molecule has 3 rings (SSSR count). The number of carbonyl (C=O) groups is 1. The van der Waals surface area contributed by atoms with Crippen LogP contribution in [0.2, 0.25) is 0 Å². The largest absolute Gasteiger partial charge is 0.478 e. The lowest BCUT2D eigenvalue weighted by Gasteiger charge is -2.05. The average molecular weight is 278 g/mol. The maximum absolute atomic E-state index is 11.3. The van der Waals surface area contributed by atoms with Gasteiger partial charge in [0, 0.05) is 11.8 Å². The summed E-state index contributed by atoms with van der Waals surface area (Å²) in [6.07, 6.45) is 3.59. The van der Waals surface area contributed by atoms with Crippen molar-refractivity contribution in [2.45, 2.75) is 6.92 Å². The first-order chi connectivity index (χ1) is 10.1. The molecule has 0 unspecified atom stereocenters. The Morgan fingerprint density at radius 2 is 1.90 bits per heavy atom. The van der Waals surface area contributed by atoms with Crippen LogP contribution in [0, 0.1) is 6.92 Å². The highest BCUT2D eigenvalue weighted by Crippen LogP contribution is 2.22. The predicted molar refractivity (Wildman–Crippen MR) is 80.7 cm³/mol. The van der Waals surface area contributed by atoms with Crippen molar-refractivity contribution < 1.29 is 9.90 Å². The Bertz CT molecular complexity index is 806. The number of rotatable bonds is 3. The second kappa shape index (κ2) is 5.25. The summed E-state index contributed by atoms with van der Waals surface area (Å²) in [4.78, 5) is 11.3. The van der Waals surface area contributed by atoms with E-state index in [0.717, 1.165) is 11.1 Å². The van der Waals surface area contributed by atoms with Crippen molar-refractivity contribution in [1.29, 1.82) is 0 Å². The highest BCUT2D eigenvalue weighted by atomic mass is 16.4. The maximum Gasteiger partial charge on any atom is 0.337 e. The van der Waals surface area contributed by atoms with Gasteiger partial charge in [0.15, 0.2) is 0 Å². The van der Waals surface area contributed by atoms with Gasteiger partial charge in [0.05, 0.1) is 17.4 Å². The summed E-state index contributed by atoms with van der Waals surface area (Å²) in [5, 5.41) is 13.5. The third-order valence-corrected chi connectivity index (χ3v) is 3.32. The fourth-order valence-electron chi connectivity index (χ4n) is 2.28. The average Bonchev–Trinajstić information content (AvgIpc) is 2.97. The Morgan fingerprint density at radius 1 is 1.10 bits per heavy atom. The van der Waals surface area contributed by atoms with Gasteiger partial charge in [-0.25, -0.2) is 9.48 Å². The first-order valence-electron chi connectivity index (χ1n) is 6.59. The normalized spacial score (nSPS) is 10.5. The minimum absolute atomic E-state index is 0.233. The molecule has 0 bridgehead atoms. The van der Waals surface area contributed by atoms with Crippen molar-refractivity contribution in [1.82, 2.24) is 9.78 Å². The zero-order valence-corrected chi connectivity index (χ0v) is 11.5. The zero-order chi connectivity index (χ0) is 14.8. The summed E-state index contributed by atoms with van der Waals surface area (Å²) >= 11 is 0. The van der Waals surface area contributed by atoms with Gasteiger partial charge in [-0.05, 0) is 24.6 Å². The third-order valence-electron chi connectivity index (χ3n) is 3.32. The summed E-state index contributed by atoms with van der Waals surface area (Å²) < 4.78 is 1.60. The smallest absolute Gasteiger partial charge is 0.337 e. The lowest BCUT2D eigenvalue weighted by molar-refractivity contribution is 0.0696. The number of hydrogen-bond acceptors (Lipinski definition) is 2. The maximum atomic E-state index is 11.3. The molecule has 0 aliphatic rings. The van der Waals surface area contributed by atoms with Crippen molar-refractivity contribution in [3.63, 3.8) is 0 Å². The number of aryl methyl sites for hydroxylation is 1. The van der Waals surface area contributed by atoms with E-state index in [1.165, 1.54) is 5.56 Å². The highest BCUT2D eigenvalue weighted by Gasteiger charge is 2.12. The van der Waals surface area contributed by atoms with E-state index in [4.69, 9.17) is 0 Å². The van der Waals surface area contributed by atoms with E-state index in [-0.39, 0.29) is 5.56 Å². The van der Waals surface area contributed by atoms with Crippen LogP contribution in [0.25, 0.3) is 16.8 Å². The van der Waals surface area contributed by atoms with Gasteiger partial charge in [-0.1, -0.05) is 42.0 Å². The van der Waals surface area contributed by atoms with Gasteiger partial charge >= 0.3 is 5.97 Å². The molecule has 0 amide bonds. The van der Waals surface area contributed by atoms with Crippen molar-refractivity contribution >= 4 is 5.97 Å². The van der Waals surface area contributed by atoms with Gasteiger partial charge in [-0.3, -0.25) is 0 Å². The van der Waals surface area contributed by atoms with Crippen molar-refractivity contribution in [3.05, 3.63) is 72.1 Å². The van der Waals surface area contributed by atoms with E-state index in [2.05, 4.69) is 11.2 Å². The Hall–Kier alpha value is -2.88. The molecule has 0 saturated heterocycles. The molecule has 0 aliphatic heterocycles. The Balaban J connectivity index is 2.05. The van der Waals surface area contributed by atoms with Gasteiger partial charge in [-0.15, -0.1) is 0 Å². The fraction of sp³-hybridized carbons (Fsp3) is 0.0588. The first kappa shape index (κ1) is 13.1. The van der Waals surface area contributed by atoms with Gasteiger partial charge < -0.3 is 5.11 Å². The molecule has 0 aliphatic carbocycles. The molecule has 3 aromatic rings. The van der Waals surface area contributed by atoms with Crippen LogP contribution in [0.5, 0.6) is 0 Å². The van der Waals surface area contributed by atoms with E-state index >= 15 is 0 Å². The summed E-state index contributed by atoms with van der Waals surface area (Å²) in [6, 6.07) is 14.9. The number of carboxylic acids is 1. The molecule has 2 aromatic carbocycles. The van der Waals surface area contributed by atoms with Crippen LogP contribution in [-0.2, 0) is 0 Å². The number of aromatic nitrogens is 2. The predicted octanol–water partition coefficient (Wildman–Crippen LogP) is 3.55. The topological polar surface area (TPSA) is 55.1 Å². The van der Waals surface area contributed by atoms with Crippen LogP contribution >= 0.6 is 0 Å². The van der Waals surface area contributed by atoms with E-state index < -0.39 is 5.97 Å². The minimum Gasteiger partial charge on any atom is -0.478 e. The number of para-hydroxylation sites is 1. The lowest BCUT2D eigenvalue weighted by atomic mass is 10.1. The van der Waals surface area contributed by atoms with E-state index in [9.17, 15) is 9.90 Å². The summed E-state index contributed by atoms with van der Waals surface area (Å²) in [6.45, 7) is 2.04. The molecule has 0 radical (unpaired) electrons. The molecule has 4 heteroatoms. The molecular formula is C17H14N2O2. The number of nitrogens with zero attached hydrogens (tertiary/aromatic N) is 2. The number of hydrogen-bond donors (Lipinski definition) is 1. The van der Waals surface area contributed by atoms with Gasteiger partial charge in [0.25, 0.3) is 0 Å².